The number of amidine groups is 1. The Morgan fingerprint density at radius 3 is 2.41 bits per heavy atom. The van der Waals surface area contributed by atoms with Crippen molar-refractivity contribution in [2.75, 3.05) is 0 Å². The van der Waals surface area contributed by atoms with Gasteiger partial charge in [0, 0.05) is 36.5 Å². The van der Waals surface area contributed by atoms with Crippen LogP contribution in [0.3, 0.4) is 0 Å². The number of nitrogens with zero attached hydrogens (tertiary/aromatic N) is 4. The number of hydrogen-bond donors (Lipinski definition) is 2. The van der Waals surface area contributed by atoms with E-state index in [1.54, 1.807) is 53.6 Å². The van der Waals surface area contributed by atoms with Crippen molar-refractivity contribution < 1.29 is 28.0 Å². The number of rotatable bonds is 6. The van der Waals surface area contributed by atoms with Gasteiger partial charge >= 0.3 is 12.3 Å². The molecule has 0 fully saturated rings. The van der Waals surface area contributed by atoms with Crippen LogP contribution in [0.4, 0.5) is 18.9 Å². The van der Waals surface area contributed by atoms with Crippen LogP contribution in [0.15, 0.2) is 70.8 Å². The summed E-state index contributed by atoms with van der Waals surface area (Å²) in [6, 6.07) is 13.6. The van der Waals surface area contributed by atoms with Crippen LogP contribution in [0, 0.1) is 0 Å². The molecule has 0 unspecified atom stereocenters. The van der Waals surface area contributed by atoms with Crippen LogP contribution in [0.2, 0.25) is 0 Å². The molecule has 0 aliphatic heterocycles. The molecule has 0 aliphatic carbocycles. The molecule has 0 saturated heterocycles. The highest BCUT2D eigenvalue weighted by atomic mass is 19.4. The normalized spacial score (nSPS) is 12.6. The molecule has 166 valence electrons. The first-order valence-corrected chi connectivity index (χ1v) is 9.35. The topological polar surface area (TPSA) is 111 Å². The van der Waals surface area contributed by atoms with Crippen molar-refractivity contribution in [1.82, 2.24) is 9.78 Å². The van der Waals surface area contributed by atoms with Gasteiger partial charge in [0.15, 0.2) is 0 Å². The lowest BCUT2D eigenvalue weighted by Gasteiger charge is -2.08. The molecule has 0 bridgehead atoms. The molecule has 32 heavy (non-hydrogen) atoms. The fourth-order valence-corrected chi connectivity index (χ4v) is 2.67. The summed E-state index contributed by atoms with van der Waals surface area (Å²) >= 11 is 0. The van der Waals surface area contributed by atoms with Gasteiger partial charge in [-0.25, -0.2) is 10.3 Å². The van der Waals surface area contributed by atoms with Gasteiger partial charge in [0.1, 0.15) is 23.6 Å². The molecule has 8 nitrogen and oxygen atoms in total. The number of carbonyl (C=O) groups excluding carboxylic acids is 1. The predicted molar refractivity (Wildman–Crippen MR) is 112 cm³/mol. The van der Waals surface area contributed by atoms with Crippen LogP contribution in [0.1, 0.15) is 21.6 Å². The van der Waals surface area contributed by atoms with Crippen molar-refractivity contribution in [1.29, 1.82) is 0 Å². The maximum atomic E-state index is 12.4. The van der Waals surface area contributed by atoms with Crippen molar-refractivity contribution in [3.05, 3.63) is 77.6 Å². The number of hydrogen-bond acceptors (Lipinski definition) is 4. The van der Waals surface area contributed by atoms with Crippen LogP contribution in [0.25, 0.3) is 0 Å². The first-order valence-electron chi connectivity index (χ1n) is 9.35. The molecule has 0 aliphatic rings. The molecule has 3 aromatic rings. The zero-order valence-corrected chi connectivity index (χ0v) is 17.0. The molecule has 1 heterocycles. The second-order valence-corrected chi connectivity index (χ2v) is 6.62. The highest BCUT2D eigenvalue weighted by molar-refractivity contribution is 6.03. The lowest BCUT2D eigenvalue weighted by atomic mass is 10.1. The van der Waals surface area contributed by atoms with Crippen LogP contribution in [0.5, 0.6) is 5.75 Å². The Kier molecular flexibility index (Phi) is 7.00. The van der Waals surface area contributed by atoms with E-state index in [-0.39, 0.29) is 24.1 Å². The highest BCUT2D eigenvalue weighted by Gasteiger charge is 2.31. The Balaban J connectivity index is 1.84. The Labute approximate surface area is 181 Å². The summed E-state index contributed by atoms with van der Waals surface area (Å²) in [6.45, 7) is 0.262. The largest absolute Gasteiger partial charge is 0.573 e. The number of nitrogens with two attached hydrogens (primary N) is 2. The molecule has 1 aromatic heterocycles. The Morgan fingerprint density at radius 2 is 1.84 bits per heavy atom. The van der Waals surface area contributed by atoms with Crippen LogP contribution in [-0.2, 0) is 13.6 Å². The monoisotopic (exact) mass is 445 g/mol. The average Bonchev–Trinajstić information content (AvgIpc) is 3.17. The van der Waals surface area contributed by atoms with Crippen molar-refractivity contribution >= 4 is 23.8 Å². The number of aromatic nitrogens is 2. The van der Waals surface area contributed by atoms with E-state index < -0.39 is 6.36 Å². The fourth-order valence-electron chi connectivity index (χ4n) is 2.67. The minimum Gasteiger partial charge on any atom is -0.406 e. The number of aldehydes is 1. The van der Waals surface area contributed by atoms with Gasteiger partial charge < -0.3 is 10.5 Å². The highest BCUT2D eigenvalue weighted by Crippen LogP contribution is 2.22. The van der Waals surface area contributed by atoms with Gasteiger partial charge in [0.25, 0.3) is 0 Å². The summed E-state index contributed by atoms with van der Waals surface area (Å²) in [7, 11) is 1.78. The number of halogens is 3. The lowest BCUT2D eigenvalue weighted by Crippen LogP contribution is -2.82. The molecule has 2 aromatic carbocycles. The van der Waals surface area contributed by atoms with Gasteiger partial charge in [-0.15, -0.1) is 13.2 Å². The molecule has 0 spiro atoms. The van der Waals surface area contributed by atoms with Crippen LogP contribution < -0.4 is 15.8 Å². The minimum absolute atomic E-state index is 0.166. The third kappa shape index (κ3) is 6.51. The number of aryl methyl sites for hydroxylation is 1. The smallest absolute Gasteiger partial charge is 0.406 e. The molecule has 3 rings (SSSR count). The third-order valence-corrected chi connectivity index (χ3v) is 4.31. The number of carbonyl (C=O) groups is 1. The fraction of sp³-hybridized carbons (Fsp3) is 0.143. The number of benzene rings is 2. The van der Waals surface area contributed by atoms with E-state index in [2.05, 4.69) is 19.8 Å². The van der Waals surface area contributed by atoms with Crippen LogP contribution in [-0.4, -0.2) is 34.2 Å². The van der Waals surface area contributed by atoms with Crippen molar-refractivity contribution in [2.45, 2.75) is 12.9 Å². The molecule has 4 N–H and O–H groups in total. The van der Waals surface area contributed by atoms with E-state index in [0.717, 1.165) is 12.0 Å². The van der Waals surface area contributed by atoms with Crippen molar-refractivity contribution in [3.8, 4) is 5.75 Å². The zero-order chi connectivity index (χ0) is 23.1. The first-order chi connectivity index (χ1) is 15.2. The predicted octanol–water partition coefficient (Wildman–Crippen LogP) is 2.29. The van der Waals surface area contributed by atoms with E-state index in [0.29, 0.717) is 16.8 Å². The van der Waals surface area contributed by atoms with Crippen molar-refractivity contribution in [3.63, 3.8) is 0 Å². The second kappa shape index (κ2) is 9.88. The first kappa shape index (κ1) is 22.7. The molecular formula is C21H20F3N6O2+. The van der Waals surface area contributed by atoms with Gasteiger partial charge in [0.05, 0.1) is 12.2 Å². The van der Waals surface area contributed by atoms with E-state index >= 15 is 0 Å². The Hall–Kier alpha value is -3.99. The molecule has 0 amide bonds. The third-order valence-electron chi connectivity index (χ3n) is 4.31. The Morgan fingerprint density at radius 1 is 1.16 bits per heavy atom. The summed E-state index contributed by atoms with van der Waals surface area (Å²) < 4.78 is 42.6. The summed E-state index contributed by atoms with van der Waals surface area (Å²) in [5, 5.41) is 5.67. The van der Waals surface area contributed by atoms with Gasteiger partial charge in [-0.3, -0.25) is 9.48 Å². The molecule has 0 atom stereocenters. The van der Waals surface area contributed by atoms with E-state index in [1.165, 1.54) is 24.3 Å². The maximum absolute atomic E-state index is 12.4. The molecule has 11 heteroatoms. The molecular weight excluding hydrogens is 425 g/mol. The second-order valence-electron chi connectivity index (χ2n) is 6.62. The summed E-state index contributed by atoms with van der Waals surface area (Å²) in [4.78, 5) is 19.7. The van der Waals surface area contributed by atoms with E-state index in [1.807, 2.05) is 0 Å². The summed E-state index contributed by atoms with van der Waals surface area (Å²) in [5.74, 6) is 0.0911. The maximum Gasteiger partial charge on any atom is 0.573 e. The van der Waals surface area contributed by atoms with E-state index in [9.17, 15) is 18.0 Å². The van der Waals surface area contributed by atoms with Gasteiger partial charge in [0.2, 0.25) is 0 Å². The van der Waals surface area contributed by atoms with Gasteiger partial charge in [-0.2, -0.15) is 10.1 Å². The number of aliphatic imine (C=N–C) groups is 2. The van der Waals surface area contributed by atoms with Crippen molar-refractivity contribution in [2.24, 2.45) is 22.8 Å². The number of quaternary nitrogens is 1. The molecule has 0 radical (unpaired) electrons. The number of ether oxygens (including phenoxy) is 1. The standard InChI is InChI=1S/C21H19F3N6O2/c1-30-17(10-11-27-30)12-26-20(29-19(25)15-4-2-14(13-31)3-5-15)28-16-6-8-18(9-7-16)32-21(22,23)24/h2-11,13H,12H2,1H3,(H3,25,26,28,29)/p+1. The quantitative estimate of drug-likeness (QED) is 0.262. The van der Waals surface area contributed by atoms with Gasteiger partial charge in [-0.1, -0.05) is 24.3 Å². The number of alkyl halides is 3. The SMILES string of the molecule is Cn1nccc1CN=C(/N=C(\N)c1ccc(C=O)cc1)[NH2+]c1ccc(OC(F)(F)F)cc1. The Bertz CT molecular complexity index is 1120. The minimum atomic E-state index is -4.76. The van der Waals surface area contributed by atoms with Gasteiger partial charge in [-0.05, 0) is 18.2 Å². The van der Waals surface area contributed by atoms with E-state index in [4.69, 9.17) is 5.73 Å². The summed E-state index contributed by atoms with van der Waals surface area (Å²) in [5.41, 5.74) is 8.58. The summed E-state index contributed by atoms with van der Waals surface area (Å²) in [6.07, 6.45) is -2.41. The zero-order valence-electron chi connectivity index (χ0n) is 17.0. The average molecular weight is 445 g/mol. The lowest BCUT2D eigenvalue weighted by molar-refractivity contribution is -0.445. The number of guanidine groups is 1. The molecule has 0 saturated carbocycles. The van der Waals surface area contributed by atoms with Crippen LogP contribution >= 0.6 is 0 Å².